The highest BCUT2D eigenvalue weighted by atomic mass is 35.5. The zero-order chi connectivity index (χ0) is 31.2. The first-order valence-electron chi connectivity index (χ1n) is 13.8. The molecule has 1 saturated heterocycles. The maximum absolute atomic E-state index is 15.2. The number of halogens is 3. The Labute approximate surface area is 254 Å². The molecular weight excluding hydrogens is 574 g/mol. The Morgan fingerprint density at radius 2 is 1.95 bits per heavy atom. The molecule has 2 aliphatic rings. The van der Waals surface area contributed by atoms with Gasteiger partial charge in [0.2, 0.25) is 5.91 Å². The maximum atomic E-state index is 15.2. The summed E-state index contributed by atoms with van der Waals surface area (Å²) in [7, 11) is 0. The van der Waals surface area contributed by atoms with Crippen LogP contribution in [0.2, 0.25) is 5.02 Å². The number of fused-ring (bicyclic) bond motifs is 1. The van der Waals surface area contributed by atoms with Crippen LogP contribution in [0.3, 0.4) is 0 Å². The van der Waals surface area contributed by atoms with Crippen molar-refractivity contribution in [2.75, 3.05) is 24.5 Å². The van der Waals surface area contributed by atoms with Gasteiger partial charge in [-0.25, -0.2) is 18.8 Å². The number of nitrogens with zero attached hydrogens (tertiary/aromatic N) is 6. The monoisotopic (exact) mass is 604 g/mol. The number of hydrogen-bond donors (Lipinski definition) is 0. The molecule has 8 nitrogen and oxygen atoms in total. The van der Waals surface area contributed by atoms with Gasteiger partial charge in [0, 0.05) is 42.4 Å². The number of rotatable bonds is 5. The molecule has 2 aromatic heterocycles. The standard InChI is InChI=1S/C32H31ClF2N6O2/c1-7-26(43)39-11-12-40(18(4)15-39)31-22-13-23(33)29(27-21(16-42)9-8-10-24(27)34)38-32(22)41(20(6)37-31)30-19(5)25(35)14-36-28(30)17(2)3/h7-10,13-14,16-18H,1,6,11-12,15H2,2-5H3/t18-/m0/s1. The number of aromatic nitrogens is 2. The van der Waals surface area contributed by atoms with E-state index in [2.05, 4.69) is 18.1 Å². The van der Waals surface area contributed by atoms with Crippen molar-refractivity contribution < 1.29 is 18.4 Å². The first kappa shape index (κ1) is 30.0. The Hall–Kier alpha value is -4.44. The Kier molecular flexibility index (Phi) is 8.16. The quantitative estimate of drug-likeness (QED) is 0.247. The van der Waals surface area contributed by atoms with E-state index in [0.717, 1.165) is 0 Å². The zero-order valence-corrected chi connectivity index (χ0v) is 25.1. The summed E-state index contributed by atoms with van der Waals surface area (Å²) in [5, 5.41) is 0.0957. The van der Waals surface area contributed by atoms with Gasteiger partial charge >= 0.3 is 0 Å². The van der Waals surface area contributed by atoms with Crippen molar-refractivity contribution in [2.24, 2.45) is 4.99 Å². The molecule has 11 heteroatoms. The lowest BCUT2D eigenvalue weighted by Crippen LogP contribution is -2.56. The van der Waals surface area contributed by atoms with Crippen LogP contribution in [-0.4, -0.2) is 63.5 Å². The van der Waals surface area contributed by atoms with Crippen LogP contribution in [0.15, 0.2) is 60.5 Å². The number of hydrogen-bond acceptors (Lipinski definition) is 7. The molecule has 3 aromatic rings. The van der Waals surface area contributed by atoms with Crippen LogP contribution in [0.4, 0.5) is 20.3 Å². The summed E-state index contributed by atoms with van der Waals surface area (Å²) in [6.45, 7) is 16.6. The number of aliphatic imine (C=N–C) groups is 1. The molecule has 0 saturated carbocycles. The van der Waals surface area contributed by atoms with E-state index >= 15 is 8.78 Å². The molecule has 0 aliphatic carbocycles. The Balaban J connectivity index is 1.76. The van der Waals surface area contributed by atoms with Crippen molar-refractivity contribution >= 4 is 41.1 Å². The number of anilines is 2. The van der Waals surface area contributed by atoms with E-state index in [-0.39, 0.29) is 51.3 Å². The van der Waals surface area contributed by atoms with Crippen molar-refractivity contribution in [3.8, 4) is 11.3 Å². The number of piperazine rings is 1. The molecule has 0 unspecified atom stereocenters. The molecule has 1 atom stereocenters. The summed E-state index contributed by atoms with van der Waals surface area (Å²) >= 11 is 6.79. The van der Waals surface area contributed by atoms with Crippen LogP contribution < -0.4 is 4.90 Å². The maximum Gasteiger partial charge on any atom is 0.246 e. The number of aldehydes is 1. The molecular formula is C32H31ClF2N6O2. The number of amides is 1. The van der Waals surface area contributed by atoms with Crippen molar-refractivity contribution in [2.45, 2.75) is 39.7 Å². The zero-order valence-electron chi connectivity index (χ0n) is 24.4. The van der Waals surface area contributed by atoms with E-state index in [1.807, 2.05) is 25.7 Å². The van der Waals surface area contributed by atoms with Gasteiger partial charge in [-0.3, -0.25) is 19.5 Å². The van der Waals surface area contributed by atoms with Crippen LogP contribution in [0.5, 0.6) is 0 Å². The van der Waals surface area contributed by atoms with Gasteiger partial charge in [-0.2, -0.15) is 0 Å². The summed E-state index contributed by atoms with van der Waals surface area (Å²) in [5.74, 6) is -0.429. The van der Waals surface area contributed by atoms with E-state index < -0.39 is 11.6 Å². The molecule has 1 aromatic carbocycles. The van der Waals surface area contributed by atoms with Gasteiger partial charge < -0.3 is 9.80 Å². The predicted octanol–water partition coefficient (Wildman–Crippen LogP) is 6.41. The molecule has 2 aliphatic heterocycles. The average molecular weight is 605 g/mol. The Morgan fingerprint density at radius 3 is 2.60 bits per heavy atom. The fraction of sp³-hybridized carbons (Fsp3) is 0.281. The molecule has 1 fully saturated rings. The van der Waals surface area contributed by atoms with Gasteiger partial charge in [0.05, 0.1) is 33.9 Å². The smallest absolute Gasteiger partial charge is 0.246 e. The molecule has 43 heavy (non-hydrogen) atoms. The molecule has 4 heterocycles. The second kappa shape index (κ2) is 11.7. The van der Waals surface area contributed by atoms with Gasteiger partial charge in [-0.1, -0.05) is 50.7 Å². The van der Waals surface area contributed by atoms with Gasteiger partial charge in [0.15, 0.2) is 12.1 Å². The molecule has 0 bridgehead atoms. The lowest BCUT2D eigenvalue weighted by atomic mass is 10.00. The fourth-order valence-electron chi connectivity index (χ4n) is 5.58. The van der Waals surface area contributed by atoms with Crippen LogP contribution in [0, 0.1) is 18.6 Å². The topological polar surface area (TPSA) is 82.0 Å². The third-order valence-corrected chi connectivity index (χ3v) is 8.03. The SMILES string of the molecule is C=CC(=O)N1CCN(C2=NC(=C)N(c3c(C(C)C)ncc(F)c3C)c3nc(-c4c(F)cccc4C=O)c(Cl)cc32)[C@@H](C)C1. The Bertz CT molecular complexity index is 1710. The molecule has 0 spiro atoms. The first-order valence-corrected chi connectivity index (χ1v) is 14.2. The highest BCUT2D eigenvalue weighted by molar-refractivity contribution is 6.34. The van der Waals surface area contributed by atoms with Crippen LogP contribution in [-0.2, 0) is 4.79 Å². The highest BCUT2D eigenvalue weighted by Gasteiger charge is 2.37. The summed E-state index contributed by atoms with van der Waals surface area (Å²) in [4.78, 5) is 43.7. The number of benzene rings is 1. The second-order valence-electron chi connectivity index (χ2n) is 10.8. The van der Waals surface area contributed by atoms with Crippen molar-refractivity contribution in [3.05, 3.63) is 94.6 Å². The number of pyridine rings is 2. The van der Waals surface area contributed by atoms with Gasteiger partial charge in [0.25, 0.3) is 0 Å². The van der Waals surface area contributed by atoms with Gasteiger partial charge in [-0.05, 0) is 38.0 Å². The van der Waals surface area contributed by atoms with Crippen LogP contribution in [0.1, 0.15) is 53.9 Å². The lowest BCUT2D eigenvalue weighted by molar-refractivity contribution is -0.128. The number of carbonyl (C=O) groups excluding carboxylic acids is 2. The molecule has 0 radical (unpaired) electrons. The molecule has 222 valence electrons. The van der Waals surface area contributed by atoms with Gasteiger partial charge in [-0.15, -0.1) is 0 Å². The minimum Gasteiger partial charge on any atom is -0.350 e. The largest absolute Gasteiger partial charge is 0.350 e. The minimum atomic E-state index is -0.669. The lowest BCUT2D eigenvalue weighted by Gasteiger charge is -2.43. The Morgan fingerprint density at radius 1 is 1.21 bits per heavy atom. The van der Waals surface area contributed by atoms with Gasteiger partial charge in [0.1, 0.15) is 23.3 Å². The van der Waals surface area contributed by atoms with E-state index in [1.54, 1.807) is 22.8 Å². The van der Waals surface area contributed by atoms with Crippen molar-refractivity contribution in [3.63, 3.8) is 0 Å². The summed E-state index contributed by atoms with van der Waals surface area (Å²) < 4.78 is 30.3. The predicted molar refractivity (Wildman–Crippen MR) is 164 cm³/mol. The van der Waals surface area contributed by atoms with Crippen LogP contribution in [0.25, 0.3) is 11.3 Å². The van der Waals surface area contributed by atoms with Crippen LogP contribution >= 0.6 is 11.6 Å². The minimum absolute atomic E-state index is 0.0437. The summed E-state index contributed by atoms with van der Waals surface area (Å²) in [6.07, 6.45) is 3.01. The average Bonchev–Trinajstić information content (AvgIpc) is 2.98. The third-order valence-electron chi connectivity index (χ3n) is 7.74. The van der Waals surface area contributed by atoms with E-state index in [1.165, 1.54) is 30.5 Å². The summed E-state index contributed by atoms with van der Waals surface area (Å²) in [6, 6.07) is 5.62. The number of carbonyl (C=O) groups is 2. The third kappa shape index (κ3) is 5.20. The normalized spacial score (nSPS) is 16.7. The number of amidine groups is 1. The van der Waals surface area contributed by atoms with E-state index in [4.69, 9.17) is 21.6 Å². The molecule has 5 rings (SSSR count). The van der Waals surface area contributed by atoms with Crippen molar-refractivity contribution in [1.82, 2.24) is 19.8 Å². The first-order chi connectivity index (χ1) is 20.5. The van der Waals surface area contributed by atoms with E-state index in [9.17, 15) is 9.59 Å². The molecule has 1 amide bonds. The highest BCUT2D eigenvalue weighted by Crippen LogP contribution is 2.44. The molecule has 0 N–H and O–H groups in total. The summed E-state index contributed by atoms with van der Waals surface area (Å²) in [5.41, 5.74) is 1.89. The van der Waals surface area contributed by atoms with E-state index in [0.29, 0.717) is 54.3 Å². The second-order valence-corrected chi connectivity index (χ2v) is 11.3. The van der Waals surface area contributed by atoms with Crippen molar-refractivity contribution in [1.29, 1.82) is 0 Å². The fourth-order valence-corrected chi connectivity index (χ4v) is 5.83.